The third-order valence-corrected chi connectivity index (χ3v) is 5.93. The molecule has 168 valence electrons. The molecule has 0 saturated heterocycles. The number of aliphatic hydroxyl groups is 3. The van der Waals surface area contributed by atoms with Crippen molar-refractivity contribution in [2.75, 3.05) is 0 Å². The van der Waals surface area contributed by atoms with Crippen LogP contribution in [0.1, 0.15) is 109 Å². The van der Waals surface area contributed by atoms with Crippen molar-refractivity contribution < 1.29 is 15.3 Å². The van der Waals surface area contributed by atoms with E-state index in [1.807, 2.05) is 30.3 Å². The molecule has 1 rings (SSSR count). The summed E-state index contributed by atoms with van der Waals surface area (Å²) in [5.74, 6) is 0. The first-order valence-corrected chi connectivity index (χ1v) is 12.2. The van der Waals surface area contributed by atoms with Gasteiger partial charge in [0, 0.05) is 6.42 Å². The van der Waals surface area contributed by atoms with Crippen LogP contribution in [0.15, 0.2) is 30.3 Å². The maximum Gasteiger partial charge on any atom is 0.106 e. The van der Waals surface area contributed by atoms with Crippen LogP contribution < -0.4 is 0 Å². The van der Waals surface area contributed by atoms with E-state index in [-0.39, 0.29) is 0 Å². The Labute approximate surface area is 179 Å². The summed E-state index contributed by atoms with van der Waals surface area (Å²) in [6.07, 6.45) is 16.4. The van der Waals surface area contributed by atoms with E-state index < -0.39 is 18.3 Å². The lowest BCUT2D eigenvalue weighted by Gasteiger charge is -2.23. The quantitative estimate of drug-likeness (QED) is 0.240. The van der Waals surface area contributed by atoms with E-state index in [0.717, 1.165) is 18.4 Å². The number of aliphatic hydroxyl groups excluding tert-OH is 3. The van der Waals surface area contributed by atoms with Crippen LogP contribution in [0.4, 0.5) is 0 Å². The molecule has 0 amide bonds. The standard InChI is InChI=1S/C26H46O3/c1-2-3-4-5-6-7-8-9-10-11-12-13-14-18-21-24(27)26(29)25(28)22-23-19-16-15-17-20-23/h15-17,19-20,24-29H,2-14,18,21-22H2,1H3. The molecule has 0 aliphatic carbocycles. The summed E-state index contributed by atoms with van der Waals surface area (Å²) in [5, 5.41) is 30.4. The molecule has 29 heavy (non-hydrogen) atoms. The topological polar surface area (TPSA) is 60.7 Å². The van der Waals surface area contributed by atoms with E-state index in [2.05, 4.69) is 6.92 Å². The SMILES string of the molecule is CCCCCCCCCCCCCCCCC(O)C(O)C(O)Cc1ccccc1. The molecule has 1 aromatic carbocycles. The second kappa shape index (κ2) is 17.9. The van der Waals surface area contributed by atoms with Crippen molar-refractivity contribution in [3.63, 3.8) is 0 Å². The highest BCUT2D eigenvalue weighted by atomic mass is 16.4. The maximum atomic E-state index is 10.2. The minimum Gasteiger partial charge on any atom is -0.390 e. The van der Waals surface area contributed by atoms with E-state index >= 15 is 0 Å². The summed E-state index contributed by atoms with van der Waals surface area (Å²) in [6.45, 7) is 2.27. The molecule has 0 aromatic heterocycles. The van der Waals surface area contributed by atoms with Crippen LogP contribution in [-0.2, 0) is 6.42 Å². The lowest BCUT2D eigenvalue weighted by Crippen LogP contribution is -2.38. The molecule has 0 spiro atoms. The first kappa shape index (κ1) is 26.1. The highest BCUT2D eigenvalue weighted by molar-refractivity contribution is 5.15. The molecule has 1 aromatic rings. The first-order chi connectivity index (χ1) is 14.1. The van der Waals surface area contributed by atoms with Crippen molar-refractivity contribution in [2.24, 2.45) is 0 Å². The zero-order valence-electron chi connectivity index (χ0n) is 18.8. The number of hydrogen-bond acceptors (Lipinski definition) is 3. The second-order valence-corrected chi connectivity index (χ2v) is 8.70. The van der Waals surface area contributed by atoms with Crippen LogP contribution in [0, 0.1) is 0 Å². The van der Waals surface area contributed by atoms with Crippen LogP contribution in [0.5, 0.6) is 0 Å². The van der Waals surface area contributed by atoms with Gasteiger partial charge in [-0.15, -0.1) is 0 Å². The van der Waals surface area contributed by atoms with Crippen molar-refractivity contribution >= 4 is 0 Å². The van der Waals surface area contributed by atoms with Crippen molar-refractivity contribution in [3.05, 3.63) is 35.9 Å². The highest BCUT2D eigenvalue weighted by Gasteiger charge is 2.24. The van der Waals surface area contributed by atoms with Gasteiger partial charge >= 0.3 is 0 Å². The summed E-state index contributed by atoms with van der Waals surface area (Å²) in [4.78, 5) is 0. The predicted octanol–water partition coefficient (Wildman–Crippen LogP) is 6.18. The largest absolute Gasteiger partial charge is 0.390 e. The van der Waals surface area contributed by atoms with Crippen LogP contribution >= 0.6 is 0 Å². The van der Waals surface area contributed by atoms with Gasteiger partial charge in [-0.3, -0.25) is 0 Å². The van der Waals surface area contributed by atoms with Gasteiger partial charge in [-0.25, -0.2) is 0 Å². The smallest absolute Gasteiger partial charge is 0.106 e. The molecule has 3 atom stereocenters. The van der Waals surface area contributed by atoms with Crippen molar-refractivity contribution in [3.8, 4) is 0 Å². The Morgan fingerprint density at radius 2 is 1.03 bits per heavy atom. The van der Waals surface area contributed by atoms with E-state index in [1.54, 1.807) is 0 Å². The van der Waals surface area contributed by atoms with Gasteiger partial charge in [0.1, 0.15) is 6.10 Å². The molecule has 0 bridgehead atoms. The van der Waals surface area contributed by atoms with Gasteiger partial charge in [0.25, 0.3) is 0 Å². The van der Waals surface area contributed by atoms with E-state index in [1.165, 1.54) is 77.0 Å². The molecular weight excluding hydrogens is 360 g/mol. The Morgan fingerprint density at radius 1 is 0.586 bits per heavy atom. The minimum absolute atomic E-state index is 0.373. The fourth-order valence-electron chi connectivity index (χ4n) is 3.95. The van der Waals surface area contributed by atoms with E-state index in [0.29, 0.717) is 12.8 Å². The molecule has 0 saturated carbocycles. The van der Waals surface area contributed by atoms with Crippen molar-refractivity contribution in [2.45, 2.75) is 128 Å². The lowest BCUT2D eigenvalue weighted by molar-refractivity contribution is -0.0615. The maximum absolute atomic E-state index is 10.2. The lowest BCUT2D eigenvalue weighted by atomic mass is 9.97. The van der Waals surface area contributed by atoms with Gasteiger partial charge in [-0.2, -0.15) is 0 Å². The summed E-state index contributed by atoms with van der Waals surface area (Å²) in [5.41, 5.74) is 0.975. The van der Waals surface area contributed by atoms with Crippen molar-refractivity contribution in [1.29, 1.82) is 0 Å². The highest BCUT2D eigenvalue weighted by Crippen LogP contribution is 2.16. The normalized spacial score (nSPS) is 14.6. The molecule has 3 N–H and O–H groups in total. The van der Waals surface area contributed by atoms with E-state index in [4.69, 9.17) is 0 Å². The molecule has 0 fully saturated rings. The summed E-state index contributed by atoms with van der Waals surface area (Å²) >= 11 is 0. The van der Waals surface area contributed by atoms with Gasteiger partial charge in [0.15, 0.2) is 0 Å². The Morgan fingerprint density at radius 3 is 1.52 bits per heavy atom. The van der Waals surface area contributed by atoms with E-state index in [9.17, 15) is 15.3 Å². The van der Waals surface area contributed by atoms with Crippen molar-refractivity contribution in [1.82, 2.24) is 0 Å². The summed E-state index contributed by atoms with van der Waals surface area (Å²) in [7, 11) is 0. The minimum atomic E-state index is -1.07. The molecular formula is C26H46O3. The third kappa shape index (κ3) is 13.9. The molecule has 0 heterocycles. The molecule has 0 aliphatic rings. The Balaban J connectivity index is 1.92. The van der Waals surface area contributed by atoms with Gasteiger partial charge < -0.3 is 15.3 Å². The zero-order valence-corrected chi connectivity index (χ0v) is 18.8. The Bertz CT molecular complexity index is 462. The van der Waals surface area contributed by atoms with Crippen LogP contribution in [-0.4, -0.2) is 33.6 Å². The van der Waals surface area contributed by atoms with Gasteiger partial charge in [0.2, 0.25) is 0 Å². The summed E-state index contributed by atoms with van der Waals surface area (Å²) in [6, 6.07) is 9.61. The predicted molar refractivity (Wildman–Crippen MR) is 123 cm³/mol. The van der Waals surface area contributed by atoms with Crippen LogP contribution in [0.2, 0.25) is 0 Å². The molecule has 3 unspecified atom stereocenters. The average molecular weight is 407 g/mol. The fourth-order valence-corrected chi connectivity index (χ4v) is 3.95. The van der Waals surface area contributed by atoms with Gasteiger partial charge in [0.05, 0.1) is 12.2 Å². The fraction of sp³-hybridized carbons (Fsp3) is 0.769. The first-order valence-electron chi connectivity index (χ1n) is 12.2. The summed E-state index contributed by atoms with van der Waals surface area (Å²) < 4.78 is 0. The monoisotopic (exact) mass is 406 g/mol. The molecule has 0 aliphatic heterocycles. The van der Waals surface area contributed by atoms with Gasteiger partial charge in [-0.1, -0.05) is 127 Å². The van der Waals surface area contributed by atoms with Crippen LogP contribution in [0.3, 0.4) is 0 Å². The van der Waals surface area contributed by atoms with Crippen LogP contribution in [0.25, 0.3) is 0 Å². The third-order valence-electron chi connectivity index (χ3n) is 5.93. The Hall–Kier alpha value is -0.900. The number of unbranched alkanes of at least 4 members (excludes halogenated alkanes) is 13. The number of benzene rings is 1. The average Bonchev–Trinajstić information content (AvgIpc) is 2.74. The number of hydrogen-bond donors (Lipinski definition) is 3. The Kier molecular flexibility index (Phi) is 16.1. The molecule has 3 nitrogen and oxygen atoms in total. The second-order valence-electron chi connectivity index (χ2n) is 8.70. The van der Waals surface area contributed by atoms with Gasteiger partial charge in [-0.05, 0) is 12.0 Å². The molecule has 0 radical (unpaired) electrons. The molecule has 3 heteroatoms. The number of rotatable bonds is 19. The zero-order chi connectivity index (χ0) is 21.2.